The van der Waals surface area contributed by atoms with Crippen LogP contribution in [0.15, 0.2) is 18.2 Å². The Labute approximate surface area is 180 Å². The molecule has 164 valence electrons. The van der Waals surface area contributed by atoms with Gasteiger partial charge in [0.25, 0.3) is 5.91 Å². The maximum atomic E-state index is 12.8. The third-order valence-electron chi connectivity index (χ3n) is 6.15. The van der Waals surface area contributed by atoms with Crippen molar-refractivity contribution < 1.29 is 14.6 Å². The number of ether oxygens (including phenoxy) is 1. The van der Waals surface area contributed by atoms with Crippen LogP contribution in [0.4, 0.5) is 0 Å². The van der Waals surface area contributed by atoms with Crippen LogP contribution in [0, 0.1) is 11.3 Å². The molecule has 1 aromatic rings. The van der Waals surface area contributed by atoms with Crippen LogP contribution in [-0.4, -0.2) is 43.4 Å². The standard InChI is InChI=1S/C22H33ClN2O3.CH4/c1-16(26)14-24-10-11-28-18-6-7-20(23)19(12-18)21(27)25-15-22-8-2-4-17(13-22)5-3-9-22;/h6-7,12,16-17,24,26H,2-5,8-11,13-15H2,1H3,(H,25,27);1H4. The molecular formula is C23H37ClN2O3. The Hall–Kier alpha value is -1.30. The molecule has 2 aliphatic carbocycles. The molecule has 0 radical (unpaired) electrons. The van der Waals surface area contributed by atoms with Gasteiger partial charge in [-0.2, -0.15) is 0 Å². The van der Waals surface area contributed by atoms with Gasteiger partial charge in [0, 0.05) is 19.6 Å². The summed E-state index contributed by atoms with van der Waals surface area (Å²) in [7, 11) is 0. The average Bonchev–Trinajstić information content (AvgIpc) is 2.67. The lowest BCUT2D eigenvalue weighted by molar-refractivity contribution is 0.0681. The Balaban J connectivity index is 0.00000300. The fourth-order valence-corrected chi connectivity index (χ4v) is 4.96. The second-order valence-electron chi connectivity index (χ2n) is 8.58. The number of halogens is 1. The molecule has 2 aliphatic rings. The van der Waals surface area contributed by atoms with E-state index in [0.29, 0.717) is 36.0 Å². The van der Waals surface area contributed by atoms with Crippen molar-refractivity contribution in [3.8, 4) is 5.75 Å². The number of hydrogen-bond donors (Lipinski definition) is 3. The van der Waals surface area contributed by atoms with Gasteiger partial charge in [0.05, 0.1) is 16.7 Å². The Bertz CT molecular complexity index is 656. The Morgan fingerprint density at radius 3 is 2.76 bits per heavy atom. The molecule has 1 aromatic carbocycles. The van der Waals surface area contributed by atoms with E-state index in [1.165, 1.54) is 44.9 Å². The number of carbonyl (C=O) groups excluding carboxylic acids is 1. The highest BCUT2D eigenvalue weighted by molar-refractivity contribution is 6.33. The van der Waals surface area contributed by atoms with E-state index in [-0.39, 0.29) is 24.9 Å². The predicted molar refractivity (Wildman–Crippen MR) is 119 cm³/mol. The Morgan fingerprint density at radius 1 is 1.34 bits per heavy atom. The molecule has 1 amide bonds. The number of benzene rings is 1. The van der Waals surface area contributed by atoms with Gasteiger partial charge in [-0.25, -0.2) is 0 Å². The minimum Gasteiger partial charge on any atom is -0.492 e. The van der Waals surface area contributed by atoms with Gasteiger partial charge in [-0.15, -0.1) is 0 Å². The first-order chi connectivity index (χ1) is 13.5. The normalized spacial score (nSPS) is 24.3. The first kappa shape index (κ1) is 24.0. The summed E-state index contributed by atoms with van der Waals surface area (Å²) in [5.41, 5.74) is 0.753. The van der Waals surface area contributed by atoms with Crippen LogP contribution in [0.25, 0.3) is 0 Å². The van der Waals surface area contributed by atoms with Crippen LogP contribution in [0.5, 0.6) is 5.75 Å². The van der Waals surface area contributed by atoms with Crippen LogP contribution >= 0.6 is 11.6 Å². The van der Waals surface area contributed by atoms with Crippen molar-refractivity contribution in [1.82, 2.24) is 10.6 Å². The maximum Gasteiger partial charge on any atom is 0.252 e. The number of aliphatic hydroxyl groups is 1. The van der Waals surface area contributed by atoms with E-state index in [2.05, 4.69) is 10.6 Å². The number of fused-ring (bicyclic) bond motifs is 2. The van der Waals surface area contributed by atoms with Crippen molar-refractivity contribution in [2.75, 3.05) is 26.2 Å². The molecule has 2 fully saturated rings. The minimum absolute atomic E-state index is 0. The fourth-order valence-electron chi connectivity index (χ4n) is 4.75. The molecule has 0 heterocycles. The number of hydrogen-bond acceptors (Lipinski definition) is 4. The molecule has 0 aliphatic heterocycles. The molecule has 3 N–H and O–H groups in total. The summed E-state index contributed by atoms with van der Waals surface area (Å²) in [6.45, 7) is 4.09. The lowest BCUT2D eigenvalue weighted by atomic mass is 9.62. The van der Waals surface area contributed by atoms with Crippen LogP contribution in [0.2, 0.25) is 5.02 Å². The van der Waals surface area contributed by atoms with Crippen LogP contribution in [0.1, 0.15) is 69.7 Å². The van der Waals surface area contributed by atoms with E-state index in [4.69, 9.17) is 16.3 Å². The molecule has 2 saturated carbocycles. The second-order valence-corrected chi connectivity index (χ2v) is 8.99. The van der Waals surface area contributed by atoms with Gasteiger partial charge < -0.3 is 20.5 Å². The predicted octanol–water partition coefficient (Wildman–Crippen LogP) is 4.42. The molecule has 0 aromatic heterocycles. The second kappa shape index (κ2) is 11.2. The van der Waals surface area contributed by atoms with Gasteiger partial charge in [-0.1, -0.05) is 44.7 Å². The van der Waals surface area contributed by atoms with E-state index in [1.54, 1.807) is 25.1 Å². The fraction of sp³-hybridized carbons (Fsp3) is 0.696. The number of rotatable bonds is 9. The van der Waals surface area contributed by atoms with Crippen molar-refractivity contribution >= 4 is 17.5 Å². The first-order valence-corrected chi connectivity index (χ1v) is 10.9. The minimum atomic E-state index is -0.381. The SMILES string of the molecule is C.CC(O)CNCCOc1ccc(Cl)c(C(=O)NCC23CCCC(CCC2)C3)c1. The monoisotopic (exact) mass is 424 g/mol. The van der Waals surface area contributed by atoms with Gasteiger partial charge in [0.15, 0.2) is 0 Å². The Morgan fingerprint density at radius 2 is 2.07 bits per heavy atom. The molecule has 1 atom stereocenters. The van der Waals surface area contributed by atoms with Crippen molar-refractivity contribution in [2.45, 2.75) is 65.4 Å². The lowest BCUT2D eigenvalue weighted by Crippen LogP contribution is -2.43. The van der Waals surface area contributed by atoms with Crippen molar-refractivity contribution in [3.63, 3.8) is 0 Å². The summed E-state index contributed by atoms with van der Waals surface area (Å²) in [5.74, 6) is 1.36. The quantitative estimate of drug-likeness (QED) is 0.513. The zero-order valence-electron chi connectivity index (χ0n) is 16.8. The summed E-state index contributed by atoms with van der Waals surface area (Å²) < 4.78 is 5.71. The van der Waals surface area contributed by atoms with E-state index in [1.807, 2.05) is 0 Å². The zero-order chi connectivity index (χ0) is 20.0. The topological polar surface area (TPSA) is 70.6 Å². The van der Waals surface area contributed by atoms with E-state index in [9.17, 15) is 9.90 Å². The molecule has 5 nitrogen and oxygen atoms in total. The zero-order valence-corrected chi connectivity index (χ0v) is 17.6. The highest BCUT2D eigenvalue weighted by Crippen LogP contribution is 2.48. The van der Waals surface area contributed by atoms with Gasteiger partial charge >= 0.3 is 0 Å². The van der Waals surface area contributed by atoms with Crippen molar-refractivity contribution in [1.29, 1.82) is 0 Å². The largest absolute Gasteiger partial charge is 0.492 e. The van der Waals surface area contributed by atoms with Crippen LogP contribution < -0.4 is 15.4 Å². The summed E-state index contributed by atoms with van der Waals surface area (Å²) in [6.07, 6.45) is 8.60. The molecule has 29 heavy (non-hydrogen) atoms. The number of nitrogens with one attached hydrogen (secondary N) is 2. The first-order valence-electron chi connectivity index (χ1n) is 10.6. The van der Waals surface area contributed by atoms with E-state index < -0.39 is 0 Å². The molecule has 2 bridgehead atoms. The molecule has 3 rings (SSSR count). The van der Waals surface area contributed by atoms with E-state index >= 15 is 0 Å². The summed E-state index contributed by atoms with van der Waals surface area (Å²) >= 11 is 6.28. The maximum absolute atomic E-state index is 12.8. The lowest BCUT2D eigenvalue weighted by Gasteiger charge is -2.45. The van der Waals surface area contributed by atoms with E-state index in [0.717, 1.165) is 12.5 Å². The smallest absolute Gasteiger partial charge is 0.252 e. The van der Waals surface area contributed by atoms with Gasteiger partial charge in [-0.3, -0.25) is 4.79 Å². The summed E-state index contributed by atoms with van der Waals surface area (Å²) in [6, 6.07) is 5.21. The Kier molecular flexibility index (Phi) is 9.25. The van der Waals surface area contributed by atoms with Gasteiger partial charge in [0.2, 0.25) is 0 Å². The third-order valence-corrected chi connectivity index (χ3v) is 6.48. The van der Waals surface area contributed by atoms with Crippen molar-refractivity contribution in [3.05, 3.63) is 28.8 Å². The van der Waals surface area contributed by atoms with Crippen LogP contribution in [0.3, 0.4) is 0 Å². The summed E-state index contributed by atoms with van der Waals surface area (Å²) in [5, 5.41) is 15.9. The average molecular weight is 425 g/mol. The third kappa shape index (κ3) is 6.87. The molecule has 6 heteroatoms. The highest BCUT2D eigenvalue weighted by atomic mass is 35.5. The highest BCUT2D eigenvalue weighted by Gasteiger charge is 2.39. The molecule has 0 saturated heterocycles. The van der Waals surface area contributed by atoms with Crippen LogP contribution in [-0.2, 0) is 0 Å². The van der Waals surface area contributed by atoms with Gasteiger partial charge in [0.1, 0.15) is 12.4 Å². The summed E-state index contributed by atoms with van der Waals surface area (Å²) in [4.78, 5) is 12.8. The molecular weight excluding hydrogens is 388 g/mol. The number of amides is 1. The number of carbonyl (C=O) groups is 1. The van der Waals surface area contributed by atoms with Crippen molar-refractivity contribution in [2.24, 2.45) is 11.3 Å². The molecule has 1 unspecified atom stereocenters. The van der Waals surface area contributed by atoms with Gasteiger partial charge in [-0.05, 0) is 55.7 Å². The number of aliphatic hydroxyl groups excluding tert-OH is 1. The molecule has 0 spiro atoms.